The Morgan fingerprint density at radius 1 is 1.32 bits per heavy atom. The van der Waals surface area contributed by atoms with Crippen LogP contribution in [0.1, 0.15) is 57.2 Å². The molecular formula is C17H27NS. The smallest absolute Gasteiger partial charge is 0.0292 e. The maximum Gasteiger partial charge on any atom is 0.0292 e. The van der Waals surface area contributed by atoms with Crippen molar-refractivity contribution in [1.29, 1.82) is 0 Å². The van der Waals surface area contributed by atoms with Gasteiger partial charge in [0.1, 0.15) is 0 Å². The van der Waals surface area contributed by atoms with E-state index in [1.807, 2.05) is 0 Å². The summed E-state index contributed by atoms with van der Waals surface area (Å²) in [4.78, 5) is 0. The Morgan fingerprint density at radius 3 is 2.63 bits per heavy atom. The van der Waals surface area contributed by atoms with E-state index in [9.17, 15) is 0 Å². The largest absolute Gasteiger partial charge is 0.309 e. The predicted molar refractivity (Wildman–Crippen MR) is 87.0 cm³/mol. The minimum Gasteiger partial charge on any atom is -0.309 e. The minimum absolute atomic E-state index is 0.453. The van der Waals surface area contributed by atoms with Crippen molar-refractivity contribution in [3.05, 3.63) is 35.4 Å². The molecule has 0 amide bonds. The van der Waals surface area contributed by atoms with Crippen LogP contribution in [0, 0.1) is 0 Å². The Balaban J connectivity index is 1.86. The van der Waals surface area contributed by atoms with Crippen LogP contribution in [0.5, 0.6) is 0 Å². The van der Waals surface area contributed by atoms with Crippen molar-refractivity contribution in [1.82, 2.24) is 5.32 Å². The summed E-state index contributed by atoms with van der Waals surface area (Å²) in [6.07, 6.45) is 5.15. The quantitative estimate of drug-likeness (QED) is 0.817. The van der Waals surface area contributed by atoms with Gasteiger partial charge in [0.2, 0.25) is 0 Å². The van der Waals surface area contributed by atoms with Gasteiger partial charge < -0.3 is 5.32 Å². The molecule has 1 nitrogen and oxygen atoms in total. The van der Waals surface area contributed by atoms with E-state index in [1.54, 1.807) is 0 Å². The minimum atomic E-state index is 0.453. The molecule has 1 aliphatic rings. The van der Waals surface area contributed by atoms with Gasteiger partial charge in [0.15, 0.2) is 0 Å². The third-order valence-corrected chi connectivity index (χ3v) is 5.64. The second-order valence-corrected chi connectivity index (χ2v) is 7.68. The van der Waals surface area contributed by atoms with Crippen molar-refractivity contribution in [2.75, 3.05) is 12.3 Å². The third kappa shape index (κ3) is 4.25. The fourth-order valence-corrected chi connectivity index (χ4v) is 3.98. The van der Waals surface area contributed by atoms with Crippen LogP contribution in [0.3, 0.4) is 0 Å². The molecule has 2 heteroatoms. The Morgan fingerprint density at radius 2 is 2.05 bits per heavy atom. The molecule has 2 rings (SSSR count). The van der Waals surface area contributed by atoms with Gasteiger partial charge in [-0.15, -0.1) is 0 Å². The first kappa shape index (κ1) is 14.9. The Labute approximate surface area is 122 Å². The predicted octanol–water partition coefficient (Wildman–Crippen LogP) is 4.58. The van der Waals surface area contributed by atoms with E-state index < -0.39 is 0 Å². The zero-order valence-electron chi connectivity index (χ0n) is 12.5. The van der Waals surface area contributed by atoms with Gasteiger partial charge in [-0.25, -0.2) is 0 Å². The maximum atomic E-state index is 3.71. The van der Waals surface area contributed by atoms with Crippen molar-refractivity contribution in [3.63, 3.8) is 0 Å². The molecule has 1 N–H and O–H groups in total. The summed E-state index contributed by atoms with van der Waals surface area (Å²) in [6.45, 7) is 8.03. The number of rotatable bonds is 6. The second-order valence-electron chi connectivity index (χ2n) is 6.00. The van der Waals surface area contributed by atoms with Crippen molar-refractivity contribution in [2.24, 2.45) is 0 Å². The molecule has 1 heterocycles. The molecule has 0 radical (unpaired) electrons. The summed E-state index contributed by atoms with van der Waals surface area (Å²) < 4.78 is 0.455. The number of benzene rings is 1. The highest BCUT2D eigenvalue weighted by Crippen LogP contribution is 2.37. The highest BCUT2D eigenvalue weighted by Gasteiger charge is 2.29. The third-order valence-electron chi connectivity index (χ3n) is 4.10. The highest BCUT2D eigenvalue weighted by atomic mass is 32.2. The molecule has 0 aromatic heterocycles. The number of hydrogen-bond acceptors (Lipinski definition) is 2. The molecule has 0 aliphatic carbocycles. The summed E-state index contributed by atoms with van der Waals surface area (Å²) in [6, 6.07) is 9.58. The van der Waals surface area contributed by atoms with Crippen molar-refractivity contribution in [3.8, 4) is 0 Å². The molecule has 1 fully saturated rings. The van der Waals surface area contributed by atoms with Crippen LogP contribution in [-0.4, -0.2) is 17.0 Å². The normalized spacial score (nSPS) is 24.6. The van der Waals surface area contributed by atoms with Crippen LogP contribution in [0.2, 0.25) is 0 Å². The van der Waals surface area contributed by atoms with Crippen molar-refractivity contribution < 1.29 is 0 Å². The lowest BCUT2D eigenvalue weighted by Crippen LogP contribution is -2.34. The molecule has 0 saturated carbocycles. The Hall–Kier alpha value is -0.470. The first-order chi connectivity index (χ1) is 9.13. The zero-order chi connectivity index (χ0) is 13.7. The molecule has 106 valence electrons. The van der Waals surface area contributed by atoms with E-state index in [4.69, 9.17) is 0 Å². The average Bonchev–Trinajstić information content (AvgIpc) is 2.85. The van der Waals surface area contributed by atoms with E-state index in [0.29, 0.717) is 10.8 Å². The first-order valence-electron chi connectivity index (χ1n) is 7.59. The number of hydrogen-bond donors (Lipinski definition) is 1. The zero-order valence-corrected chi connectivity index (χ0v) is 13.4. The Bertz CT molecular complexity index is 379. The monoisotopic (exact) mass is 277 g/mol. The van der Waals surface area contributed by atoms with E-state index >= 15 is 0 Å². The van der Waals surface area contributed by atoms with E-state index in [-0.39, 0.29) is 0 Å². The Kier molecular flexibility index (Phi) is 5.35. The van der Waals surface area contributed by atoms with Gasteiger partial charge in [-0.3, -0.25) is 0 Å². The van der Waals surface area contributed by atoms with Gasteiger partial charge in [0.05, 0.1) is 0 Å². The van der Waals surface area contributed by atoms with Gasteiger partial charge in [-0.05, 0) is 50.0 Å². The molecule has 0 spiro atoms. The number of thioether (sulfide) groups is 1. The van der Waals surface area contributed by atoms with Crippen LogP contribution in [0.15, 0.2) is 24.3 Å². The standard InChI is InChI=1S/C17H27NS/c1-4-6-15-7-9-16(10-8-15)14(2)18-13-17(3)11-5-12-19-17/h7-10,14,18H,4-6,11-13H2,1-3H3. The summed E-state index contributed by atoms with van der Waals surface area (Å²) in [5.41, 5.74) is 2.86. The average molecular weight is 277 g/mol. The van der Waals surface area contributed by atoms with Crippen molar-refractivity contribution >= 4 is 11.8 Å². The van der Waals surface area contributed by atoms with Crippen LogP contribution < -0.4 is 5.32 Å². The second kappa shape index (κ2) is 6.81. The lowest BCUT2D eigenvalue weighted by Gasteiger charge is -2.26. The fraction of sp³-hybridized carbons (Fsp3) is 0.647. The molecule has 1 aromatic rings. The van der Waals surface area contributed by atoms with E-state index in [2.05, 4.69) is 62.1 Å². The molecule has 2 atom stereocenters. The molecule has 1 aliphatic heterocycles. The van der Waals surface area contributed by atoms with Crippen LogP contribution in [0.25, 0.3) is 0 Å². The summed E-state index contributed by atoms with van der Waals surface area (Å²) in [5, 5.41) is 3.71. The van der Waals surface area contributed by atoms with E-state index in [0.717, 1.165) is 6.54 Å². The number of aryl methyl sites for hydroxylation is 1. The van der Waals surface area contributed by atoms with Crippen LogP contribution >= 0.6 is 11.8 Å². The first-order valence-corrected chi connectivity index (χ1v) is 8.58. The lowest BCUT2D eigenvalue weighted by molar-refractivity contribution is 0.490. The molecule has 2 unspecified atom stereocenters. The molecule has 19 heavy (non-hydrogen) atoms. The maximum absolute atomic E-state index is 3.71. The van der Waals surface area contributed by atoms with Crippen LogP contribution in [0.4, 0.5) is 0 Å². The summed E-state index contributed by atoms with van der Waals surface area (Å²) in [7, 11) is 0. The van der Waals surface area contributed by atoms with E-state index in [1.165, 1.54) is 42.6 Å². The highest BCUT2D eigenvalue weighted by molar-refractivity contribution is 8.00. The lowest BCUT2D eigenvalue weighted by atomic mass is 10.0. The van der Waals surface area contributed by atoms with Gasteiger partial charge in [-0.2, -0.15) is 11.8 Å². The van der Waals surface area contributed by atoms with Gasteiger partial charge in [0.25, 0.3) is 0 Å². The molecule has 1 saturated heterocycles. The van der Waals surface area contributed by atoms with Gasteiger partial charge >= 0.3 is 0 Å². The fourth-order valence-electron chi connectivity index (χ4n) is 2.72. The van der Waals surface area contributed by atoms with Gasteiger partial charge in [-0.1, -0.05) is 37.6 Å². The molecular weight excluding hydrogens is 250 g/mol. The SMILES string of the molecule is CCCc1ccc(C(C)NCC2(C)CCCS2)cc1. The molecule has 0 bridgehead atoms. The van der Waals surface area contributed by atoms with Crippen LogP contribution in [-0.2, 0) is 6.42 Å². The summed E-state index contributed by atoms with van der Waals surface area (Å²) >= 11 is 2.13. The molecule has 1 aromatic carbocycles. The topological polar surface area (TPSA) is 12.0 Å². The van der Waals surface area contributed by atoms with Gasteiger partial charge in [0, 0.05) is 17.3 Å². The van der Waals surface area contributed by atoms with Crippen molar-refractivity contribution in [2.45, 2.75) is 57.2 Å². The number of nitrogens with one attached hydrogen (secondary N) is 1. The summed E-state index contributed by atoms with van der Waals surface area (Å²) in [5.74, 6) is 1.33.